The number of aliphatic hydroxyl groups is 1. The number of carbonyl (C=O) groups excluding carboxylic acids is 1. The molecule has 1 fully saturated rings. The van der Waals surface area contributed by atoms with E-state index in [4.69, 9.17) is 0 Å². The number of allylic oxidation sites excluding steroid dienone is 2. The summed E-state index contributed by atoms with van der Waals surface area (Å²) in [7, 11) is 0. The van der Waals surface area contributed by atoms with E-state index in [1.165, 1.54) is 0 Å². The van der Waals surface area contributed by atoms with Gasteiger partial charge in [0.25, 0.3) is 0 Å². The summed E-state index contributed by atoms with van der Waals surface area (Å²) in [5, 5.41) is 20.0. The average molecular weight is 334 g/mol. The number of hydrogen-bond donors (Lipinski definition) is 2. The molecule has 24 heavy (non-hydrogen) atoms. The van der Waals surface area contributed by atoms with Crippen LogP contribution in [0.25, 0.3) is 0 Å². The minimum absolute atomic E-state index is 0.0747. The van der Waals surface area contributed by atoms with E-state index < -0.39 is 17.0 Å². The first-order valence-corrected chi connectivity index (χ1v) is 8.80. The van der Waals surface area contributed by atoms with Crippen molar-refractivity contribution < 1.29 is 19.8 Å². The zero-order valence-electron chi connectivity index (χ0n) is 15.3. The first kappa shape index (κ1) is 18.9. The Morgan fingerprint density at radius 2 is 2.08 bits per heavy atom. The zero-order chi connectivity index (χ0) is 18.3. The lowest BCUT2D eigenvalue weighted by atomic mass is 9.51. The molecular weight excluding hydrogens is 304 g/mol. The van der Waals surface area contributed by atoms with Crippen LogP contribution in [0.15, 0.2) is 24.3 Å². The highest BCUT2D eigenvalue weighted by atomic mass is 16.4. The van der Waals surface area contributed by atoms with E-state index in [0.29, 0.717) is 18.8 Å². The molecule has 0 aliphatic heterocycles. The Kier molecular flexibility index (Phi) is 4.84. The number of carboxylic acids is 1. The predicted molar refractivity (Wildman–Crippen MR) is 93.5 cm³/mol. The number of carbonyl (C=O) groups is 2. The van der Waals surface area contributed by atoms with Gasteiger partial charge in [0, 0.05) is 6.42 Å². The smallest absolute Gasteiger partial charge is 0.310 e. The highest BCUT2D eigenvalue weighted by Crippen LogP contribution is 2.58. The molecule has 0 aromatic heterocycles. The van der Waals surface area contributed by atoms with Crippen LogP contribution in [0.3, 0.4) is 0 Å². The van der Waals surface area contributed by atoms with Crippen LogP contribution in [0, 0.1) is 22.7 Å². The Hall–Kier alpha value is -1.42. The van der Waals surface area contributed by atoms with Crippen molar-refractivity contribution in [1.29, 1.82) is 0 Å². The third-order valence-corrected chi connectivity index (χ3v) is 6.72. The van der Waals surface area contributed by atoms with Gasteiger partial charge in [-0.2, -0.15) is 0 Å². The highest BCUT2D eigenvalue weighted by Gasteiger charge is 2.54. The molecule has 4 heteroatoms. The van der Waals surface area contributed by atoms with Gasteiger partial charge in [0.15, 0.2) is 5.78 Å². The summed E-state index contributed by atoms with van der Waals surface area (Å²) < 4.78 is 0. The number of carboxylic acid groups (broad SMARTS) is 1. The molecular formula is C20H30O4. The number of fused-ring (bicyclic) bond motifs is 1. The molecule has 0 unspecified atom stereocenters. The van der Waals surface area contributed by atoms with Gasteiger partial charge in [-0.1, -0.05) is 25.5 Å². The molecule has 0 aromatic rings. The Morgan fingerprint density at radius 1 is 1.46 bits per heavy atom. The molecule has 0 spiro atoms. The topological polar surface area (TPSA) is 74.6 Å². The van der Waals surface area contributed by atoms with Crippen LogP contribution < -0.4 is 0 Å². The number of hydrogen-bond acceptors (Lipinski definition) is 3. The lowest BCUT2D eigenvalue weighted by Crippen LogP contribution is -2.49. The summed E-state index contributed by atoms with van der Waals surface area (Å²) in [4.78, 5) is 24.2. The Labute approximate surface area is 144 Å². The molecule has 134 valence electrons. The van der Waals surface area contributed by atoms with Crippen LogP contribution in [-0.4, -0.2) is 27.6 Å². The number of ketones is 1. The quantitative estimate of drug-likeness (QED) is 0.751. The van der Waals surface area contributed by atoms with Crippen molar-refractivity contribution >= 4 is 11.8 Å². The summed E-state index contributed by atoms with van der Waals surface area (Å²) in [6.45, 7) is 11.4. The Morgan fingerprint density at radius 3 is 2.62 bits per heavy atom. The maximum absolute atomic E-state index is 12.3. The largest absolute Gasteiger partial charge is 0.481 e. The van der Waals surface area contributed by atoms with Crippen LogP contribution in [-0.2, 0) is 9.59 Å². The molecule has 2 aliphatic rings. The fraction of sp³-hybridized carbons (Fsp3) is 0.700. The first-order chi connectivity index (χ1) is 11.0. The highest BCUT2D eigenvalue weighted by molar-refractivity contribution is 5.96. The third kappa shape index (κ3) is 3.08. The van der Waals surface area contributed by atoms with Gasteiger partial charge >= 0.3 is 5.97 Å². The summed E-state index contributed by atoms with van der Waals surface area (Å²) in [5.41, 5.74) is -1.28. The molecule has 2 N–H and O–H groups in total. The van der Waals surface area contributed by atoms with Gasteiger partial charge in [0.1, 0.15) is 0 Å². The number of aliphatic carboxylic acids is 1. The summed E-state index contributed by atoms with van der Waals surface area (Å²) in [5.74, 6) is -0.754. The standard InChI is InChI=1S/C20H30O4/c1-6-18(3,24)9-10-19(4)13(2)7-8-15-16(19)11-14(21)12-20(15,5)17(22)23/h6,11,13,15,24H,1,7-10,12H2,2-5H3,(H,22,23)/t13-,15+,18+,19+,20+/m1/s1. The third-order valence-electron chi connectivity index (χ3n) is 6.72. The zero-order valence-corrected chi connectivity index (χ0v) is 15.3. The van der Waals surface area contributed by atoms with Crippen LogP contribution >= 0.6 is 0 Å². The molecule has 1 saturated carbocycles. The summed E-state index contributed by atoms with van der Waals surface area (Å²) in [6, 6.07) is 0. The van der Waals surface area contributed by atoms with Crippen molar-refractivity contribution in [2.24, 2.45) is 22.7 Å². The van der Waals surface area contributed by atoms with E-state index in [9.17, 15) is 19.8 Å². The fourth-order valence-electron chi connectivity index (χ4n) is 4.44. The lowest BCUT2D eigenvalue weighted by molar-refractivity contribution is -0.155. The van der Waals surface area contributed by atoms with Crippen molar-refractivity contribution in [2.75, 3.05) is 0 Å². The predicted octanol–water partition coefficient (Wildman–Crippen LogP) is 3.75. The summed E-state index contributed by atoms with van der Waals surface area (Å²) in [6.07, 6.45) is 6.31. The second-order valence-corrected chi connectivity index (χ2v) is 8.48. The van der Waals surface area contributed by atoms with E-state index in [2.05, 4.69) is 20.4 Å². The normalized spacial score (nSPS) is 38.7. The minimum atomic E-state index is -1.02. The van der Waals surface area contributed by atoms with Gasteiger partial charge in [-0.05, 0) is 62.9 Å². The SMILES string of the molecule is C=C[C@](C)(O)CC[C@]1(C)C2=CC(=O)C[C@](C)(C(=O)O)[C@H]2CC[C@H]1C. The van der Waals surface area contributed by atoms with Crippen LogP contribution in [0.5, 0.6) is 0 Å². The van der Waals surface area contributed by atoms with Crippen molar-refractivity contribution in [3.8, 4) is 0 Å². The molecule has 0 bridgehead atoms. The minimum Gasteiger partial charge on any atom is -0.481 e. The summed E-state index contributed by atoms with van der Waals surface area (Å²) >= 11 is 0. The van der Waals surface area contributed by atoms with Crippen molar-refractivity contribution in [2.45, 2.75) is 65.4 Å². The molecule has 0 amide bonds. The van der Waals surface area contributed by atoms with E-state index >= 15 is 0 Å². The van der Waals surface area contributed by atoms with Crippen molar-refractivity contribution in [3.63, 3.8) is 0 Å². The van der Waals surface area contributed by atoms with Gasteiger partial charge in [0.2, 0.25) is 0 Å². The van der Waals surface area contributed by atoms with Crippen molar-refractivity contribution in [1.82, 2.24) is 0 Å². The maximum Gasteiger partial charge on any atom is 0.310 e. The molecule has 2 rings (SSSR count). The molecule has 0 radical (unpaired) electrons. The average Bonchev–Trinajstić information content (AvgIpc) is 2.49. The molecule has 0 heterocycles. The number of rotatable bonds is 5. The molecule has 4 nitrogen and oxygen atoms in total. The Balaban J connectivity index is 2.42. The van der Waals surface area contributed by atoms with Gasteiger partial charge in [-0.25, -0.2) is 0 Å². The molecule has 0 saturated heterocycles. The molecule has 0 aromatic carbocycles. The first-order valence-electron chi connectivity index (χ1n) is 8.80. The van der Waals surface area contributed by atoms with Crippen molar-refractivity contribution in [3.05, 3.63) is 24.3 Å². The van der Waals surface area contributed by atoms with Crippen LogP contribution in [0.1, 0.15) is 59.8 Å². The van der Waals surface area contributed by atoms with E-state index in [1.54, 1.807) is 26.0 Å². The molecule has 5 atom stereocenters. The second kappa shape index (κ2) is 6.14. The lowest BCUT2D eigenvalue weighted by Gasteiger charge is -2.52. The Bertz CT molecular complexity index is 588. The van der Waals surface area contributed by atoms with E-state index in [0.717, 1.165) is 18.4 Å². The maximum atomic E-state index is 12.3. The van der Waals surface area contributed by atoms with E-state index in [1.807, 2.05) is 0 Å². The van der Waals surface area contributed by atoms with Crippen LogP contribution in [0.2, 0.25) is 0 Å². The van der Waals surface area contributed by atoms with Gasteiger partial charge in [-0.15, -0.1) is 6.58 Å². The van der Waals surface area contributed by atoms with Gasteiger partial charge in [0.05, 0.1) is 11.0 Å². The fourth-order valence-corrected chi connectivity index (χ4v) is 4.44. The van der Waals surface area contributed by atoms with Gasteiger partial charge < -0.3 is 10.2 Å². The van der Waals surface area contributed by atoms with E-state index in [-0.39, 0.29) is 23.5 Å². The molecule has 2 aliphatic carbocycles. The van der Waals surface area contributed by atoms with Crippen LogP contribution in [0.4, 0.5) is 0 Å². The monoisotopic (exact) mass is 334 g/mol. The van der Waals surface area contributed by atoms with Gasteiger partial charge in [-0.3, -0.25) is 9.59 Å². The second-order valence-electron chi connectivity index (χ2n) is 8.48.